The lowest BCUT2D eigenvalue weighted by molar-refractivity contribution is 0.804. The first-order valence-corrected chi connectivity index (χ1v) is 6.14. The zero-order chi connectivity index (χ0) is 11.4. The minimum Gasteiger partial charge on any atom is -0.381 e. The number of nitrogens with two attached hydrogens (primary N) is 1. The Kier molecular flexibility index (Phi) is 3.54. The number of anilines is 1. The molecule has 84 valence electrons. The van der Waals surface area contributed by atoms with Gasteiger partial charge in [-0.2, -0.15) is 0 Å². The first-order chi connectivity index (χ1) is 7.79. The second-order valence-electron chi connectivity index (χ2n) is 3.70. The molecule has 0 aliphatic heterocycles. The SMILES string of the molecule is CC(CN)Nc1cccc(-c2nccs2)c1. The summed E-state index contributed by atoms with van der Waals surface area (Å²) in [4.78, 5) is 4.29. The van der Waals surface area contributed by atoms with Crippen molar-refractivity contribution >= 4 is 17.0 Å². The average Bonchev–Trinajstić information content (AvgIpc) is 2.83. The van der Waals surface area contributed by atoms with Gasteiger partial charge in [0.1, 0.15) is 5.01 Å². The first-order valence-electron chi connectivity index (χ1n) is 5.26. The standard InChI is InChI=1S/C12H15N3S/c1-9(8-13)15-11-4-2-3-10(7-11)12-14-5-6-16-12/h2-7,9,15H,8,13H2,1H3. The van der Waals surface area contributed by atoms with Crippen LogP contribution in [0.1, 0.15) is 6.92 Å². The average molecular weight is 233 g/mol. The maximum absolute atomic E-state index is 5.58. The van der Waals surface area contributed by atoms with E-state index in [2.05, 4.69) is 29.4 Å². The van der Waals surface area contributed by atoms with Gasteiger partial charge in [-0.05, 0) is 19.1 Å². The number of nitrogens with one attached hydrogen (secondary N) is 1. The fourth-order valence-corrected chi connectivity index (χ4v) is 2.09. The highest BCUT2D eigenvalue weighted by atomic mass is 32.1. The molecular formula is C12H15N3S. The molecule has 4 heteroatoms. The normalized spacial score (nSPS) is 12.4. The Bertz CT molecular complexity index is 439. The Labute approximate surface area is 99.3 Å². The summed E-state index contributed by atoms with van der Waals surface area (Å²) in [6, 6.07) is 8.53. The third kappa shape index (κ3) is 2.59. The van der Waals surface area contributed by atoms with Crippen LogP contribution in [0.5, 0.6) is 0 Å². The molecule has 1 aromatic heterocycles. The number of benzene rings is 1. The lowest BCUT2D eigenvalue weighted by Gasteiger charge is -2.13. The third-order valence-corrected chi connectivity index (χ3v) is 3.13. The fraction of sp³-hybridized carbons (Fsp3) is 0.250. The van der Waals surface area contributed by atoms with Gasteiger partial charge in [0.05, 0.1) is 0 Å². The van der Waals surface area contributed by atoms with E-state index < -0.39 is 0 Å². The summed E-state index contributed by atoms with van der Waals surface area (Å²) >= 11 is 1.65. The molecule has 1 heterocycles. The lowest BCUT2D eigenvalue weighted by Crippen LogP contribution is -2.25. The van der Waals surface area contributed by atoms with E-state index in [1.807, 2.05) is 23.7 Å². The predicted molar refractivity (Wildman–Crippen MR) is 69.7 cm³/mol. The van der Waals surface area contributed by atoms with Crippen molar-refractivity contribution in [1.82, 2.24) is 4.98 Å². The zero-order valence-corrected chi connectivity index (χ0v) is 10.00. The smallest absolute Gasteiger partial charge is 0.123 e. The van der Waals surface area contributed by atoms with E-state index in [1.165, 1.54) is 0 Å². The molecule has 0 fully saturated rings. The molecule has 0 saturated heterocycles. The molecule has 1 atom stereocenters. The Morgan fingerprint density at radius 3 is 3.06 bits per heavy atom. The maximum atomic E-state index is 5.58. The lowest BCUT2D eigenvalue weighted by atomic mass is 10.2. The molecule has 0 aliphatic carbocycles. The molecular weight excluding hydrogens is 218 g/mol. The van der Waals surface area contributed by atoms with E-state index in [4.69, 9.17) is 5.73 Å². The zero-order valence-electron chi connectivity index (χ0n) is 9.18. The van der Waals surface area contributed by atoms with E-state index in [-0.39, 0.29) is 6.04 Å². The topological polar surface area (TPSA) is 50.9 Å². The van der Waals surface area contributed by atoms with E-state index >= 15 is 0 Å². The number of hydrogen-bond donors (Lipinski definition) is 2. The van der Waals surface area contributed by atoms with Crippen LogP contribution in [0.2, 0.25) is 0 Å². The van der Waals surface area contributed by atoms with Gasteiger partial charge in [0.15, 0.2) is 0 Å². The molecule has 1 aromatic carbocycles. The van der Waals surface area contributed by atoms with E-state index in [9.17, 15) is 0 Å². The summed E-state index contributed by atoms with van der Waals surface area (Å²) in [5, 5.41) is 6.38. The van der Waals surface area contributed by atoms with Crippen molar-refractivity contribution in [1.29, 1.82) is 0 Å². The van der Waals surface area contributed by atoms with Crippen molar-refractivity contribution in [3.05, 3.63) is 35.8 Å². The number of nitrogens with zero attached hydrogens (tertiary/aromatic N) is 1. The van der Waals surface area contributed by atoms with Crippen LogP contribution in [-0.4, -0.2) is 17.6 Å². The van der Waals surface area contributed by atoms with Gasteiger partial charge in [-0.25, -0.2) is 4.98 Å². The monoisotopic (exact) mass is 233 g/mol. The molecule has 1 unspecified atom stereocenters. The van der Waals surface area contributed by atoms with Crippen LogP contribution in [0.25, 0.3) is 10.6 Å². The van der Waals surface area contributed by atoms with Crippen molar-refractivity contribution in [2.75, 3.05) is 11.9 Å². The molecule has 0 radical (unpaired) electrons. The van der Waals surface area contributed by atoms with Crippen LogP contribution < -0.4 is 11.1 Å². The number of rotatable bonds is 4. The van der Waals surface area contributed by atoms with Crippen molar-refractivity contribution in [3.63, 3.8) is 0 Å². The fourth-order valence-electron chi connectivity index (χ4n) is 1.45. The Morgan fingerprint density at radius 1 is 1.50 bits per heavy atom. The highest BCUT2D eigenvalue weighted by Gasteiger charge is 2.03. The molecule has 3 N–H and O–H groups in total. The predicted octanol–water partition coefficient (Wildman–Crippen LogP) is 2.57. The minimum atomic E-state index is 0.284. The molecule has 0 bridgehead atoms. The van der Waals surface area contributed by atoms with Crippen molar-refractivity contribution in [2.45, 2.75) is 13.0 Å². The van der Waals surface area contributed by atoms with Crippen LogP contribution in [0.15, 0.2) is 35.8 Å². The van der Waals surface area contributed by atoms with Gasteiger partial charge in [-0.1, -0.05) is 12.1 Å². The second kappa shape index (κ2) is 5.09. The van der Waals surface area contributed by atoms with Crippen molar-refractivity contribution in [2.24, 2.45) is 5.73 Å². The van der Waals surface area contributed by atoms with Gasteiger partial charge in [-0.15, -0.1) is 11.3 Å². The largest absolute Gasteiger partial charge is 0.381 e. The molecule has 0 amide bonds. The van der Waals surface area contributed by atoms with Gasteiger partial charge >= 0.3 is 0 Å². The summed E-state index contributed by atoms with van der Waals surface area (Å²) in [5.74, 6) is 0. The summed E-state index contributed by atoms with van der Waals surface area (Å²) < 4.78 is 0. The second-order valence-corrected chi connectivity index (χ2v) is 4.59. The van der Waals surface area contributed by atoms with Gasteiger partial charge in [-0.3, -0.25) is 0 Å². The summed E-state index contributed by atoms with van der Waals surface area (Å²) in [6.07, 6.45) is 1.82. The minimum absolute atomic E-state index is 0.284. The van der Waals surface area contributed by atoms with Gasteiger partial charge in [0.25, 0.3) is 0 Å². The quantitative estimate of drug-likeness (QED) is 0.853. The summed E-state index contributed by atoms with van der Waals surface area (Å²) in [6.45, 7) is 2.69. The molecule has 0 aliphatic rings. The maximum Gasteiger partial charge on any atom is 0.123 e. The third-order valence-electron chi connectivity index (χ3n) is 2.31. The van der Waals surface area contributed by atoms with Crippen molar-refractivity contribution in [3.8, 4) is 10.6 Å². The van der Waals surface area contributed by atoms with Crippen LogP contribution >= 0.6 is 11.3 Å². The highest BCUT2D eigenvalue weighted by Crippen LogP contribution is 2.24. The first kappa shape index (κ1) is 11.1. The van der Waals surface area contributed by atoms with Crippen LogP contribution in [-0.2, 0) is 0 Å². The van der Waals surface area contributed by atoms with Gasteiger partial charge in [0.2, 0.25) is 0 Å². The van der Waals surface area contributed by atoms with E-state index in [0.717, 1.165) is 16.3 Å². The van der Waals surface area contributed by atoms with Gasteiger partial charge < -0.3 is 11.1 Å². The van der Waals surface area contributed by atoms with Crippen molar-refractivity contribution < 1.29 is 0 Å². The summed E-state index contributed by atoms with van der Waals surface area (Å²) in [7, 11) is 0. The molecule has 3 nitrogen and oxygen atoms in total. The molecule has 0 spiro atoms. The molecule has 2 rings (SSSR count). The van der Waals surface area contributed by atoms with E-state index in [1.54, 1.807) is 11.3 Å². The highest BCUT2D eigenvalue weighted by molar-refractivity contribution is 7.13. The number of hydrogen-bond acceptors (Lipinski definition) is 4. The number of aromatic nitrogens is 1. The molecule has 16 heavy (non-hydrogen) atoms. The van der Waals surface area contributed by atoms with E-state index in [0.29, 0.717) is 6.54 Å². The van der Waals surface area contributed by atoms with Crippen LogP contribution in [0.3, 0.4) is 0 Å². The Balaban J connectivity index is 2.20. The Morgan fingerprint density at radius 2 is 2.38 bits per heavy atom. The molecule has 2 aromatic rings. The summed E-state index contributed by atoms with van der Waals surface area (Å²) in [5.41, 5.74) is 7.81. The molecule has 0 saturated carbocycles. The number of thiazole rings is 1. The van der Waals surface area contributed by atoms with Gasteiger partial charge in [0, 0.05) is 35.4 Å². The van der Waals surface area contributed by atoms with Crippen LogP contribution in [0.4, 0.5) is 5.69 Å². The van der Waals surface area contributed by atoms with Crippen LogP contribution in [0, 0.1) is 0 Å². The Hall–Kier alpha value is -1.39.